The smallest absolute Gasteiger partial charge is 0.339 e. The maximum Gasteiger partial charge on any atom is 0.417 e. The molecule has 0 aliphatic carbocycles. The molecule has 0 fully saturated rings. The van der Waals surface area contributed by atoms with Crippen LogP contribution in [0.3, 0.4) is 0 Å². The van der Waals surface area contributed by atoms with E-state index in [2.05, 4.69) is 26.1 Å². The fourth-order valence-corrected chi connectivity index (χ4v) is 1.94. The second kappa shape index (κ2) is 5.63. The molecule has 0 aliphatic heterocycles. The Morgan fingerprint density at radius 1 is 1.35 bits per heavy atom. The van der Waals surface area contributed by atoms with Crippen molar-refractivity contribution in [3.63, 3.8) is 0 Å². The number of rotatable bonds is 3. The molecule has 1 aromatic heterocycles. The first-order chi connectivity index (χ1) is 9.41. The molecule has 0 radical (unpaired) electrons. The molecule has 0 spiro atoms. The summed E-state index contributed by atoms with van der Waals surface area (Å²) in [5.41, 5.74) is -1.01. The van der Waals surface area contributed by atoms with Gasteiger partial charge >= 0.3 is 6.18 Å². The quantitative estimate of drug-likeness (QED) is 0.844. The van der Waals surface area contributed by atoms with Crippen molar-refractivity contribution in [3.8, 4) is 17.5 Å². The van der Waals surface area contributed by atoms with Crippen LogP contribution in [-0.2, 0) is 12.6 Å². The van der Waals surface area contributed by atoms with Gasteiger partial charge in [0.05, 0.1) is 11.6 Å². The lowest BCUT2D eigenvalue weighted by Gasteiger charge is -2.10. The summed E-state index contributed by atoms with van der Waals surface area (Å²) in [7, 11) is 0. The number of aromatic nitrogens is 2. The molecule has 4 nitrogen and oxygen atoms in total. The van der Waals surface area contributed by atoms with Crippen molar-refractivity contribution in [1.82, 2.24) is 10.1 Å². The first kappa shape index (κ1) is 14.5. The third kappa shape index (κ3) is 3.17. The highest BCUT2D eigenvalue weighted by molar-refractivity contribution is 9.10. The van der Waals surface area contributed by atoms with Gasteiger partial charge in [0.1, 0.15) is 0 Å². The van der Waals surface area contributed by atoms with Gasteiger partial charge in [0.25, 0.3) is 0 Å². The molecule has 0 saturated carbocycles. The van der Waals surface area contributed by atoms with Gasteiger partial charge in [-0.3, -0.25) is 0 Å². The lowest BCUT2D eigenvalue weighted by Crippen LogP contribution is -2.07. The summed E-state index contributed by atoms with van der Waals surface area (Å²) in [6, 6.07) is 5.59. The Bertz CT molecular complexity index is 661. The van der Waals surface area contributed by atoms with Crippen LogP contribution in [0.4, 0.5) is 13.2 Å². The van der Waals surface area contributed by atoms with Gasteiger partial charge in [0, 0.05) is 22.9 Å². The highest BCUT2D eigenvalue weighted by Gasteiger charge is 2.35. The number of halogens is 4. The molecular weight excluding hydrogens is 339 g/mol. The Morgan fingerprint density at radius 2 is 2.10 bits per heavy atom. The minimum Gasteiger partial charge on any atom is -0.339 e. The zero-order valence-corrected chi connectivity index (χ0v) is 11.5. The number of nitriles is 1. The summed E-state index contributed by atoms with van der Waals surface area (Å²) >= 11 is 3.00. The van der Waals surface area contributed by atoms with Gasteiger partial charge in [-0.25, -0.2) is 0 Å². The van der Waals surface area contributed by atoms with Crippen molar-refractivity contribution in [1.29, 1.82) is 5.26 Å². The van der Waals surface area contributed by atoms with Crippen LogP contribution in [0.25, 0.3) is 11.4 Å². The molecule has 0 N–H and O–H groups in total. The summed E-state index contributed by atoms with van der Waals surface area (Å²) in [6.45, 7) is 0. The lowest BCUT2D eigenvalue weighted by atomic mass is 10.1. The van der Waals surface area contributed by atoms with Crippen LogP contribution in [0.15, 0.2) is 27.2 Å². The van der Waals surface area contributed by atoms with Crippen molar-refractivity contribution in [3.05, 3.63) is 34.1 Å². The van der Waals surface area contributed by atoms with Crippen LogP contribution in [0.2, 0.25) is 0 Å². The number of hydrogen-bond acceptors (Lipinski definition) is 4. The Hall–Kier alpha value is -1.88. The van der Waals surface area contributed by atoms with Crippen molar-refractivity contribution in [2.24, 2.45) is 0 Å². The van der Waals surface area contributed by atoms with Gasteiger partial charge < -0.3 is 4.52 Å². The van der Waals surface area contributed by atoms with E-state index < -0.39 is 11.7 Å². The predicted octanol–water partition coefficient (Wildman–Crippen LogP) is 3.97. The van der Waals surface area contributed by atoms with Crippen molar-refractivity contribution in [2.75, 3.05) is 0 Å². The molecule has 8 heteroatoms. The highest BCUT2D eigenvalue weighted by Crippen LogP contribution is 2.37. The monoisotopic (exact) mass is 345 g/mol. The molecule has 2 rings (SSSR count). The van der Waals surface area contributed by atoms with Crippen molar-refractivity contribution in [2.45, 2.75) is 19.0 Å². The first-order valence-electron chi connectivity index (χ1n) is 5.48. The van der Waals surface area contributed by atoms with Gasteiger partial charge in [-0.2, -0.15) is 23.4 Å². The number of alkyl halides is 3. The summed E-state index contributed by atoms with van der Waals surface area (Å²) < 4.78 is 44.1. The molecule has 0 aliphatic rings. The van der Waals surface area contributed by atoms with Crippen LogP contribution in [0.1, 0.15) is 17.9 Å². The minimum absolute atomic E-state index is 0.137. The normalized spacial score (nSPS) is 11.3. The van der Waals surface area contributed by atoms with Gasteiger partial charge in [0.2, 0.25) is 11.7 Å². The third-order valence-corrected chi connectivity index (χ3v) is 2.94. The Kier molecular flexibility index (Phi) is 4.09. The summed E-state index contributed by atoms with van der Waals surface area (Å²) in [6.07, 6.45) is -4.15. The van der Waals surface area contributed by atoms with Crippen molar-refractivity contribution < 1.29 is 17.7 Å². The van der Waals surface area contributed by atoms with Gasteiger partial charge in [-0.15, -0.1) is 0 Å². The molecular formula is C12H7BrF3N3O. The van der Waals surface area contributed by atoms with Gasteiger partial charge in [-0.1, -0.05) is 21.1 Å². The zero-order valence-electron chi connectivity index (χ0n) is 9.91. The van der Waals surface area contributed by atoms with E-state index in [0.717, 1.165) is 6.07 Å². The Morgan fingerprint density at radius 3 is 2.75 bits per heavy atom. The molecule has 104 valence electrons. The van der Waals surface area contributed by atoms with Crippen LogP contribution in [0, 0.1) is 11.3 Å². The van der Waals surface area contributed by atoms with Gasteiger partial charge in [-0.05, 0) is 18.2 Å². The lowest BCUT2D eigenvalue weighted by molar-refractivity contribution is -0.137. The summed E-state index contributed by atoms with van der Waals surface area (Å²) in [4.78, 5) is 3.88. The fraction of sp³-hybridized carbons (Fsp3) is 0.250. The number of benzene rings is 1. The van der Waals surface area contributed by atoms with E-state index in [9.17, 15) is 13.2 Å². The van der Waals surface area contributed by atoms with E-state index >= 15 is 0 Å². The Labute approximate surface area is 120 Å². The molecule has 1 aromatic carbocycles. The minimum atomic E-state index is -4.52. The molecule has 0 bridgehead atoms. The van der Waals surface area contributed by atoms with E-state index in [1.54, 1.807) is 0 Å². The third-order valence-electron chi connectivity index (χ3n) is 2.45. The first-order valence-corrected chi connectivity index (χ1v) is 6.28. The summed E-state index contributed by atoms with van der Waals surface area (Å²) in [5.74, 6) is -0.00430. The fourth-order valence-electron chi connectivity index (χ4n) is 1.57. The molecule has 20 heavy (non-hydrogen) atoms. The maximum atomic E-state index is 13.0. The van der Waals surface area contributed by atoms with Crippen LogP contribution < -0.4 is 0 Å². The summed E-state index contributed by atoms with van der Waals surface area (Å²) in [5, 5.41) is 12.0. The maximum absolute atomic E-state index is 13.0. The Balaban J connectivity index is 2.42. The SMILES string of the molecule is N#CCCc1nc(-c2ccc(Br)cc2C(F)(F)F)no1. The van der Waals surface area contributed by atoms with Crippen molar-refractivity contribution >= 4 is 15.9 Å². The van der Waals surface area contributed by atoms with E-state index in [1.807, 2.05) is 6.07 Å². The van der Waals surface area contributed by atoms with Crippen LogP contribution >= 0.6 is 15.9 Å². The molecule has 0 atom stereocenters. The second-order valence-corrected chi connectivity index (χ2v) is 4.77. The molecule has 0 amide bonds. The average Bonchev–Trinajstić information content (AvgIpc) is 2.84. The van der Waals surface area contributed by atoms with E-state index in [4.69, 9.17) is 9.78 Å². The van der Waals surface area contributed by atoms with Crippen LogP contribution in [-0.4, -0.2) is 10.1 Å². The highest BCUT2D eigenvalue weighted by atomic mass is 79.9. The molecule has 0 unspecified atom stereocenters. The van der Waals surface area contributed by atoms with E-state index in [0.29, 0.717) is 4.47 Å². The van der Waals surface area contributed by atoms with E-state index in [-0.39, 0.29) is 30.1 Å². The molecule has 1 heterocycles. The number of hydrogen-bond donors (Lipinski definition) is 0. The molecule has 0 saturated heterocycles. The topological polar surface area (TPSA) is 62.7 Å². The van der Waals surface area contributed by atoms with Gasteiger partial charge in [0.15, 0.2) is 0 Å². The second-order valence-electron chi connectivity index (χ2n) is 3.86. The van der Waals surface area contributed by atoms with E-state index in [1.165, 1.54) is 12.1 Å². The number of aryl methyl sites for hydroxylation is 1. The molecule has 2 aromatic rings. The van der Waals surface area contributed by atoms with Crippen LogP contribution in [0.5, 0.6) is 0 Å². The number of nitrogens with zero attached hydrogens (tertiary/aromatic N) is 3. The average molecular weight is 346 g/mol. The predicted molar refractivity (Wildman–Crippen MR) is 66.4 cm³/mol. The standard InChI is InChI=1S/C12H7BrF3N3O/c13-7-3-4-8(9(6-7)12(14,15)16)11-18-10(20-19-11)2-1-5-17/h3-4,6H,1-2H2. The largest absolute Gasteiger partial charge is 0.417 e. The zero-order chi connectivity index (χ0) is 14.8.